The summed E-state index contributed by atoms with van der Waals surface area (Å²) in [5.41, 5.74) is 2.23. The highest BCUT2D eigenvalue weighted by molar-refractivity contribution is 7.16. The van der Waals surface area contributed by atoms with E-state index in [2.05, 4.69) is 11.4 Å². The van der Waals surface area contributed by atoms with Crippen LogP contribution in [0.4, 0.5) is 9.80 Å². The summed E-state index contributed by atoms with van der Waals surface area (Å²) in [7, 11) is 0. The molecule has 7 nitrogen and oxygen atoms in total. The second-order valence-electron chi connectivity index (χ2n) is 6.82. The summed E-state index contributed by atoms with van der Waals surface area (Å²) < 4.78 is 10.6. The molecule has 1 unspecified atom stereocenters. The zero-order chi connectivity index (χ0) is 20.2. The van der Waals surface area contributed by atoms with Gasteiger partial charge in [-0.1, -0.05) is 12.2 Å². The van der Waals surface area contributed by atoms with Crippen molar-refractivity contribution in [1.29, 1.82) is 5.26 Å². The molecule has 0 spiro atoms. The highest BCUT2D eigenvalue weighted by atomic mass is 32.1. The van der Waals surface area contributed by atoms with Crippen molar-refractivity contribution in [3.63, 3.8) is 0 Å². The van der Waals surface area contributed by atoms with Gasteiger partial charge in [-0.2, -0.15) is 5.26 Å². The summed E-state index contributed by atoms with van der Waals surface area (Å²) in [5, 5.41) is 12.9. The van der Waals surface area contributed by atoms with E-state index in [0.717, 1.165) is 16.0 Å². The third-order valence-corrected chi connectivity index (χ3v) is 6.05. The molecule has 2 amide bonds. The topological polar surface area (TPSA) is 95.6 Å². The van der Waals surface area contributed by atoms with Gasteiger partial charge in [-0.05, 0) is 30.5 Å². The Hall–Kier alpha value is -3.31. The Bertz CT molecular complexity index is 1010. The summed E-state index contributed by atoms with van der Waals surface area (Å²) in [5.74, 6) is -0.314. The Kier molecular flexibility index (Phi) is 5.49. The van der Waals surface area contributed by atoms with E-state index < -0.39 is 0 Å². The minimum absolute atomic E-state index is 0.217. The molecule has 0 saturated carbocycles. The van der Waals surface area contributed by atoms with E-state index in [4.69, 9.17) is 9.15 Å². The molecule has 0 aromatic carbocycles. The largest absolute Gasteiger partial charge is 0.472 e. The first kappa shape index (κ1) is 19.0. The number of furan rings is 1. The number of carbonyl (C=O) groups is 2. The summed E-state index contributed by atoms with van der Waals surface area (Å²) in [4.78, 5) is 27.1. The molecule has 0 bridgehead atoms. The number of anilines is 1. The molecule has 1 atom stereocenters. The minimum atomic E-state index is -0.314. The first-order valence-corrected chi connectivity index (χ1v) is 10.1. The first-order chi connectivity index (χ1) is 14.1. The third-order valence-electron chi connectivity index (χ3n) is 4.88. The van der Waals surface area contributed by atoms with Crippen molar-refractivity contribution in [2.24, 2.45) is 0 Å². The molecule has 1 aliphatic heterocycles. The molecule has 148 valence electrons. The Morgan fingerprint density at radius 1 is 1.38 bits per heavy atom. The van der Waals surface area contributed by atoms with Crippen LogP contribution in [0.15, 0.2) is 41.2 Å². The highest BCUT2D eigenvalue weighted by Gasteiger charge is 2.29. The van der Waals surface area contributed by atoms with Crippen molar-refractivity contribution in [3.8, 4) is 6.07 Å². The lowest BCUT2D eigenvalue weighted by Crippen LogP contribution is -2.34. The maximum Gasteiger partial charge on any atom is 0.410 e. The predicted octanol–water partition coefficient (Wildman–Crippen LogP) is 3.73. The van der Waals surface area contributed by atoms with Gasteiger partial charge in [-0.3, -0.25) is 4.79 Å². The smallest absolute Gasteiger partial charge is 0.410 e. The number of amides is 2. The van der Waals surface area contributed by atoms with Crippen molar-refractivity contribution in [2.75, 3.05) is 18.4 Å². The van der Waals surface area contributed by atoms with Crippen molar-refractivity contribution in [1.82, 2.24) is 4.90 Å². The summed E-state index contributed by atoms with van der Waals surface area (Å²) in [6.45, 7) is 1.16. The van der Waals surface area contributed by atoms with E-state index >= 15 is 0 Å². The van der Waals surface area contributed by atoms with E-state index in [1.54, 1.807) is 17.0 Å². The molecule has 0 radical (unpaired) electrons. The Morgan fingerprint density at radius 3 is 2.93 bits per heavy atom. The number of nitrogens with zero attached hydrogens (tertiary/aromatic N) is 2. The van der Waals surface area contributed by atoms with Gasteiger partial charge in [0.25, 0.3) is 0 Å². The number of rotatable bonds is 4. The maximum atomic E-state index is 12.2. The van der Waals surface area contributed by atoms with Gasteiger partial charge in [0.05, 0.1) is 18.1 Å². The number of carbonyl (C=O) groups excluding carboxylic acids is 2. The minimum Gasteiger partial charge on any atom is -0.472 e. The van der Waals surface area contributed by atoms with Crippen LogP contribution in [-0.4, -0.2) is 36.1 Å². The lowest BCUT2D eigenvalue weighted by atomic mass is 9.94. The third kappa shape index (κ3) is 4.25. The van der Waals surface area contributed by atoms with Gasteiger partial charge in [0.2, 0.25) is 5.91 Å². The number of hydrogen-bond donors (Lipinski definition) is 1. The molecule has 3 heterocycles. The molecule has 0 fully saturated rings. The molecule has 1 N–H and O–H groups in total. The van der Waals surface area contributed by atoms with E-state index in [1.807, 2.05) is 12.2 Å². The van der Waals surface area contributed by atoms with Crippen LogP contribution in [0, 0.1) is 11.3 Å². The van der Waals surface area contributed by atoms with E-state index in [-0.39, 0.29) is 18.1 Å². The lowest BCUT2D eigenvalue weighted by Gasteiger charge is -2.25. The van der Waals surface area contributed by atoms with Crippen molar-refractivity contribution >= 4 is 34.4 Å². The standard InChI is InChI=1S/C21H19N3O4S/c22-12-17-16-5-4-15(28-21(26)24-8-1-2-9-24)11-18(16)29-20(17)23-19(25)6-3-14-7-10-27-13-14/h1-3,6-7,10,13,15H,4-5,8-9,11H2,(H,23,25)/b6-3+. The van der Waals surface area contributed by atoms with Crippen molar-refractivity contribution in [3.05, 3.63) is 58.4 Å². The maximum absolute atomic E-state index is 12.2. The van der Waals surface area contributed by atoms with Gasteiger partial charge in [0, 0.05) is 36.0 Å². The Morgan fingerprint density at radius 2 is 2.21 bits per heavy atom. The second kappa shape index (κ2) is 8.37. The fraction of sp³-hybridized carbons (Fsp3) is 0.286. The molecular weight excluding hydrogens is 390 g/mol. The summed E-state index contributed by atoms with van der Waals surface area (Å²) in [6.07, 6.45) is 11.3. The van der Waals surface area contributed by atoms with Gasteiger partial charge < -0.3 is 19.4 Å². The normalized spacial score (nSPS) is 17.9. The van der Waals surface area contributed by atoms with Crippen LogP contribution in [0.25, 0.3) is 6.08 Å². The van der Waals surface area contributed by atoms with Crippen LogP contribution in [0.2, 0.25) is 0 Å². The van der Waals surface area contributed by atoms with Gasteiger partial charge in [0.1, 0.15) is 17.2 Å². The molecule has 2 aromatic rings. The number of fused-ring (bicyclic) bond motifs is 1. The van der Waals surface area contributed by atoms with Gasteiger partial charge in [0.15, 0.2) is 0 Å². The highest BCUT2D eigenvalue weighted by Crippen LogP contribution is 2.38. The van der Waals surface area contributed by atoms with E-state index in [9.17, 15) is 14.9 Å². The van der Waals surface area contributed by atoms with Crippen LogP contribution in [-0.2, 0) is 22.4 Å². The van der Waals surface area contributed by atoms with Crippen LogP contribution >= 0.6 is 11.3 Å². The summed E-state index contributed by atoms with van der Waals surface area (Å²) >= 11 is 1.38. The SMILES string of the molecule is N#Cc1c(NC(=O)/C=C/c2ccoc2)sc2c1CCC(OC(=O)N1CC=CC1)C2. The fourth-order valence-corrected chi connectivity index (χ4v) is 4.67. The number of hydrogen-bond acceptors (Lipinski definition) is 6. The number of ether oxygens (including phenoxy) is 1. The predicted molar refractivity (Wildman–Crippen MR) is 108 cm³/mol. The molecular formula is C21H19N3O4S. The molecule has 2 aromatic heterocycles. The second-order valence-corrected chi connectivity index (χ2v) is 7.93. The average Bonchev–Trinajstić information content (AvgIpc) is 3.46. The molecule has 29 heavy (non-hydrogen) atoms. The quantitative estimate of drug-likeness (QED) is 0.613. The van der Waals surface area contributed by atoms with E-state index in [0.29, 0.717) is 42.9 Å². The van der Waals surface area contributed by atoms with Crippen molar-refractivity contribution in [2.45, 2.75) is 25.4 Å². The molecule has 4 rings (SSSR count). The monoisotopic (exact) mass is 409 g/mol. The lowest BCUT2D eigenvalue weighted by molar-refractivity contribution is -0.111. The van der Waals surface area contributed by atoms with E-state index in [1.165, 1.54) is 29.9 Å². The first-order valence-electron chi connectivity index (χ1n) is 9.30. The molecule has 2 aliphatic rings. The van der Waals surface area contributed by atoms with Crippen LogP contribution < -0.4 is 5.32 Å². The zero-order valence-corrected chi connectivity index (χ0v) is 16.4. The fourth-order valence-electron chi connectivity index (χ4n) is 3.40. The number of nitriles is 1. The van der Waals surface area contributed by atoms with Gasteiger partial charge in [-0.25, -0.2) is 4.79 Å². The van der Waals surface area contributed by atoms with Crippen molar-refractivity contribution < 1.29 is 18.7 Å². The average molecular weight is 409 g/mol. The number of thiophene rings is 1. The zero-order valence-electron chi connectivity index (χ0n) is 15.6. The van der Waals surface area contributed by atoms with Gasteiger partial charge >= 0.3 is 6.09 Å². The molecule has 8 heteroatoms. The molecule has 0 saturated heterocycles. The Labute approximate surface area is 171 Å². The Balaban J connectivity index is 1.42. The van der Waals surface area contributed by atoms with Crippen LogP contribution in [0.1, 0.15) is 28.0 Å². The summed E-state index contributed by atoms with van der Waals surface area (Å²) in [6, 6.07) is 3.96. The number of nitrogens with one attached hydrogen (secondary N) is 1. The van der Waals surface area contributed by atoms with Gasteiger partial charge in [-0.15, -0.1) is 11.3 Å². The molecule has 1 aliphatic carbocycles. The van der Waals surface area contributed by atoms with Crippen LogP contribution in [0.5, 0.6) is 0 Å². The van der Waals surface area contributed by atoms with Crippen LogP contribution in [0.3, 0.4) is 0 Å².